The van der Waals surface area contributed by atoms with Gasteiger partial charge in [-0.1, -0.05) is 30.3 Å². The molecule has 0 aliphatic carbocycles. The van der Waals surface area contributed by atoms with Crippen molar-refractivity contribution in [3.8, 4) is 0 Å². The van der Waals surface area contributed by atoms with E-state index >= 15 is 0 Å². The largest absolute Gasteiger partial charge is 0.300 e. The number of Topliss-reactive ketones (excluding diaryl/α,β-unsaturated/α-hetero) is 2. The molecule has 2 nitrogen and oxygen atoms in total. The van der Waals surface area contributed by atoms with Gasteiger partial charge in [0.1, 0.15) is 5.78 Å². The molecule has 1 aromatic rings. The molecule has 0 aliphatic rings. The maximum atomic E-state index is 11.3. The van der Waals surface area contributed by atoms with E-state index in [0.29, 0.717) is 6.42 Å². The van der Waals surface area contributed by atoms with Gasteiger partial charge in [-0.25, -0.2) is 0 Å². The van der Waals surface area contributed by atoms with Gasteiger partial charge < -0.3 is 0 Å². The molecular formula is C17H20O2. The Morgan fingerprint density at radius 1 is 1.05 bits per heavy atom. The predicted molar refractivity (Wildman–Crippen MR) is 79.7 cm³/mol. The topological polar surface area (TPSA) is 34.1 Å². The van der Waals surface area contributed by atoms with Crippen LogP contribution in [0.3, 0.4) is 0 Å². The van der Waals surface area contributed by atoms with Gasteiger partial charge in [0.15, 0.2) is 5.78 Å². The third-order valence-corrected chi connectivity index (χ3v) is 3.01. The summed E-state index contributed by atoms with van der Waals surface area (Å²) in [6.07, 6.45) is 4.26. The van der Waals surface area contributed by atoms with E-state index in [-0.39, 0.29) is 11.6 Å². The van der Waals surface area contributed by atoms with Crippen LogP contribution in [0.2, 0.25) is 0 Å². The Balaban J connectivity index is 3.16. The van der Waals surface area contributed by atoms with Gasteiger partial charge in [0, 0.05) is 6.42 Å². The second-order valence-electron chi connectivity index (χ2n) is 4.76. The number of ketones is 2. The average Bonchev–Trinajstić information content (AvgIpc) is 2.36. The molecule has 0 spiro atoms. The van der Waals surface area contributed by atoms with Gasteiger partial charge in [-0.05, 0) is 56.0 Å². The molecule has 0 aliphatic heterocycles. The first-order valence-corrected chi connectivity index (χ1v) is 6.36. The minimum Gasteiger partial charge on any atom is -0.300 e. The van der Waals surface area contributed by atoms with E-state index in [1.807, 2.05) is 50.3 Å². The highest BCUT2D eigenvalue weighted by Gasteiger charge is 2.04. The summed E-state index contributed by atoms with van der Waals surface area (Å²) in [5.41, 5.74) is 3.85. The molecule has 1 rings (SSSR count). The SMILES string of the molecule is CC(=O)C/C=C(/C)c1ccccc1/C=C(\C)C(C)=O. The molecule has 0 saturated heterocycles. The quantitative estimate of drug-likeness (QED) is 0.744. The fourth-order valence-electron chi connectivity index (χ4n) is 1.72. The van der Waals surface area contributed by atoms with Crippen LogP contribution < -0.4 is 0 Å². The van der Waals surface area contributed by atoms with Gasteiger partial charge in [-0.2, -0.15) is 0 Å². The van der Waals surface area contributed by atoms with E-state index in [0.717, 1.165) is 22.3 Å². The summed E-state index contributed by atoms with van der Waals surface area (Å²) >= 11 is 0. The lowest BCUT2D eigenvalue weighted by atomic mass is 9.97. The molecule has 0 amide bonds. The monoisotopic (exact) mass is 256 g/mol. The Morgan fingerprint density at radius 3 is 2.26 bits per heavy atom. The summed E-state index contributed by atoms with van der Waals surface area (Å²) in [7, 11) is 0. The molecular weight excluding hydrogens is 236 g/mol. The van der Waals surface area contributed by atoms with Crippen LogP contribution in [-0.4, -0.2) is 11.6 Å². The van der Waals surface area contributed by atoms with Crippen molar-refractivity contribution in [1.29, 1.82) is 0 Å². The molecule has 0 fully saturated rings. The van der Waals surface area contributed by atoms with Gasteiger partial charge >= 0.3 is 0 Å². The third-order valence-electron chi connectivity index (χ3n) is 3.01. The van der Waals surface area contributed by atoms with Crippen molar-refractivity contribution in [2.45, 2.75) is 34.1 Å². The minimum absolute atomic E-state index is 0.0696. The second-order valence-corrected chi connectivity index (χ2v) is 4.76. The Labute approximate surface area is 114 Å². The standard InChI is InChI=1S/C17H20O2/c1-12(9-10-14(3)18)17-8-6-5-7-16(17)11-13(2)15(4)19/h5-9,11H,10H2,1-4H3/b12-9-,13-11+. The smallest absolute Gasteiger partial charge is 0.155 e. The van der Waals surface area contributed by atoms with E-state index in [2.05, 4.69) is 0 Å². The fourth-order valence-corrected chi connectivity index (χ4v) is 1.72. The Kier molecular flexibility index (Phi) is 5.43. The maximum absolute atomic E-state index is 11.3. The van der Waals surface area contributed by atoms with Gasteiger partial charge in [0.2, 0.25) is 0 Å². The summed E-state index contributed by atoms with van der Waals surface area (Å²) in [6.45, 7) is 6.94. The van der Waals surface area contributed by atoms with Crippen molar-refractivity contribution in [1.82, 2.24) is 0 Å². The number of carbonyl (C=O) groups excluding carboxylic acids is 2. The van der Waals surface area contributed by atoms with Gasteiger partial charge in [0.05, 0.1) is 0 Å². The van der Waals surface area contributed by atoms with Gasteiger partial charge in [0.25, 0.3) is 0 Å². The first-order chi connectivity index (χ1) is 8.91. The van der Waals surface area contributed by atoms with Crippen molar-refractivity contribution in [3.63, 3.8) is 0 Å². The first-order valence-electron chi connectivity index (χ1n) is 6.36. The summed E-state index contributed by atoms with van der Waals surface area (Å²) in [4.78, 5) is 22.3. The lowest BCUT2D eigenvalue weighted by molar-refractivity contribution is -0.116. The highest BCUT2D eigenvalue weighted by molar-refractivity contribution is 5.97. The minimum atomic E-state index is 0.0696. The second kappa shape index (κ2) is 6.83. The lowest BCUT2D eigenvalue weighted by Gasteiger charge is -2.07. The molecule has 0 aromatic heterocycles. The van der Waals surface area contributed by atoms with E-state index < -0.39 is 0 Å². The highest BCUT2D eigenvalue weighted by atomic mass is 16.1. The fraction of sp³-hybridized carbons (Fsp3) is 0.294. The molecule has 0 unspecified atom stereocenters. The molecule has 0 atom stereocenters. The van der Waals surface area contributed by atoms with E-state index in [9.17, 15) is 9.59 Å². The number of benzene rings is 1. The Morgan fingerprint density at radius 2 is 1.68 bits per heavy atom. The zero-order chi connectivity index (χ0) is 14.4. The maximum Gasteiger partial charge on any atom is 0.155 e. The molecule has 0 bridgehead atoms. The zero-order valence-corrected chi connectivity index (χ0v) is 12.0. The van der Waals surface area contributed by atoms with Crippen molar-refractivity contribution < 1.29 is 9.59 Å². The van der Waals surface area contributed by atoms with Crippen LogP contribution in [0.4, 0.5) is 0 Å². The van der Waals surface area contributed by atoms with E-state index in [1.54, 1.807) is 13.8 Å². The third kappa shape index (κ3) is 4.66. The van der Waals surface area contributed by atoms with Crippen molar-refractivity contribution >= 4 is 23.2 Å². The first kappa shape index (κ1) is 15.1. The van der Waals surface area contributed by atoms with Crippen molar-refractivity contribution in [2.75, 3.05) is 0 Å². The molecule has 1 aromatic carbocycles. The van der Waals surface area contributed by atoms with Crippen LogP contribution in [0.1, 0.15) is 45.2 Å². The summed E-state index contributed by atoms with van der Waals surface area (Å²) in [5.74, 6) is 0.215. The molecule has 0 heterocycles. The molecule has 0 saturated carbocycles. The summed E-state index contributed by atoms with van der Waals surface area (Å²) < 4.78 is 0. The van der Waals surface area contributed by atoms with Crippen molar-refractivity contribution in [3.05, 3.63) is 47.0 Å². The summed E-state index contributed by atoms with van der Waals surface area (Å²) in [6, 6.07) is 7.89. The van der Waals surface area contributed by atoms with E-state index in [1.165, 1.54) is 0 Å². The van der Waals surface area contributed by atoms with E-state index in [4.69, 9.17) is 0 Å². The molecule has 2 heteroatoms. The van der Waals surface area contributed by atoms with Crippen LogP contribution in [0.15, 0.2) is 35.9 Å². The van der Waals surface area contributed by atoms with Crippen molar-refractivity contribution in [2.24, 2.45) is 0 Å². The zero-order valence-electron chi connectivity index (χ0n) is 12.0. The van der Waals surface area contributed by atoms with Crippen LogP contribution in [0, 0.1) is 0 Å². The number of hydrogen-bond donors (Lipinski definition) is 0. The van der Waals surface area contributed by atoms with Gasteiger partial charge in [-0.3, -0.25) is 9.59 Å². The average molecular weight is 256 g/mol. The number of rotatable bonds is 5. The molecule has 0 N–H and O–H groups in total. The van der Waals surface area contributed by atoms with Crippen LogP contribution in [-0.2, 0) is 9.59 Å². The highest BCUT2D eigenvalue weighted by Crippen LogP contribution is 2.22. The Bertz CT molecular complexity index is 548. The number of hydrogen-bond acceptors (Lipinski definition) is 2. The lowest BCUT2D eigenvalue weighted by Crippen LogP contribution is -1.93. The van der Waals surface area contributed by atoms with Crippen LogP contribution in [0.5, 0.6) is 0 Å². The molecule has 0 radical (unpaired) electrons. The molecule has 100 valence electrons. The van der Waals surface area contributed by atoms with Gasteiger partial charge in [-0.15, -0.1) is 0 Å². The normalized spacial score (nSPS) is 12.4. The Hall–Kier alpha value is -1.96. The summed E-state index contributed by atoms with van der Waals surface area (Å²) in [5, 5.41) is 0. The number of carbonyl (C=O) groups is 2. The number of allylic oxidation sites excluding steroid dienone is 3. The predicted octanol–water partition coefficient (Wildman–Crippen LogP) is 4.06. The van der Waals surface area contributed by atoms with Crippen LogP contribution >= 0.6 is 0 Å². The molecule has 19 heavy (non-hydrogen) atoms. The van der Waals surface area contributed by atoms with Crippen LogP contribution in [0.25, 0.3) is 11.6 Å².